The highest BCUT2D eigenvalue weighted by Crippen LogP contribution is 2.24. The zero-order chi connectivity index (χ0) is 10.7. The summed E-state index contributed by atoms with van der Waals surface area (Å²) in [5.74, 6) is 0. The van der Waals surface area contributed by atoms with Crippen molar-refractivity contribution in [3.8, 4) is 6.07 Å². The average Bonchev–Trinajstić information content (AvgIpc) is 2.30. The Morgan fingerprint density at radius 2 is 2.19 bits per heavy atom. The first-order valence-corrected chi connectivity index (χ1v) is 5.23. The second-order valence-corrected chi connectivity index (χ2v) is 3.79. The number of nitrogens with zero attached hydrogens (tertiary/aromatic N) is 1. The van der Waals surface area contributed by atoms with Crippen LogP contribution in [-0.2, 0) is 0 Å². The van der Waals surface area contributed by atoms with Crippen molar-refractivity contribution in [3.05, 3.63) is 41.0 Å². The van der Waals surface area contributed by atoms with Crippen LogP contribution in [-0.4, -0.2) is 13.1 Å². The predicted octanol–water partition coefficient (Wildman–Crippen LogP) is 2.67. The van der Waals surface area contributed by atoms with Gasteiger partial charge in [-0.2, -0.15) is 5.26 Å². The highest BCUT2D eigenvalue weighted by atomic mass is 35.5. The maximum absolute atomic E-state index is 9.14. The molecule has 1 aliphatic rings. The van der Waals surface area contributed by atoms with E-state index in [-0.39, 0.29) is 12.4 Å². The average molecular weight is 235 g/mol. The maximum atomic E-state index is 9.14. The number of hydrogen-bond acceptors (Lipinski definition) is 2. The van der Waals surface area contributed by atoms with Crippen molar-refractivity contribution in [1.29, 1.82) is 5.26 Å². The van der Waals surface area contributed by atoms with Gasteiger partial charge in [0.25, 0.3) is 0 Å². The van der Waals surface area contributed by atoms with E-state index < -0.39 is 0 Å². The highest BCUT2D eigenvalue weighted by Gasteiger charge is 2.11. The van der Waals surface area contributed by atoms with Gasteiger partial charge in [0.05, 0.1) is 5.56 Å². The van der Waals surface area contributed by atoms with E-state index in [9.17, 15) is 0 Å². The van der Waals surface area contributed by atoms with Crippen LogP contribution in [0.5, 0.6) is 0 Å². The lowest BCUT2D eigenvalue weighted by Gasteiger charge is -2.16. The minimum absolute atomic E-state index is 0. The molecule has 0 aliphatic carbocycles. The van der Waals surface area contributed by atoms with Gasteiger partial charge < -0.3 is 5.32 Å². The third kappa shape index (κ3) is 2.44. The lowest BCUT2D eigenvalue weighted by atomic mass is 9.93. The molecule has 1 heterocycles. The molecule has 3 heteroatoms. The van der Waals surface area contributed by atoms with Gasteiger partial charge in [-0.1, -0.05) is 24.3 Å². The zero-order valence-corrected chi connectivity index (χ0v) is 10.1. The third-order valence-electron chi connectivity index (χ3n) is 2.79. The van der Waals surface area contributed by atoms with Gasteiger partial charge in [-0.25, -0.2) is 0 Å². The molecule has 2 nitrogen and oxygen atoms in total. The van der Waals surface area contributed by atoms with Gasteiger partial charge in [0.2, 0.25) is 0 Å². The molecule has 0 fully saturated rings. The molecule has 1 aromatic rings. The summed E-state index contributed by atoms with van der Waals surface area (Å²) in [6.07, 6.45) is 3.19. The van der Waals surface area contributed by atoms with Crippen molar-refractivity contribution >= 4 is 18.0 Å². The smallest absolute Gasteiger partial charge is 0.100 e. The van der Waals surface area contributed by atoms with Crippen molar-refractivity contribution in [3.63, 3.8) is 0 Å². The molecule has 0 saturated carbocycles. The Hall–Kier alpha value is -1.30. The van der Waals surface area contributed by atoms with Gasteiger partial charge in [0.15, 0.2) is 0 Å². The summed E-state index contributed by atoms with van der Waals surface area (Å²) in [7, 11) is 0. The van der Waals surface area contributed by atoms with Gasteiger partial charge in [0.1, 0.15) is 6.07 Å². The lowest BCUT2D eigenvalue weighted by Crippen LogP contribution is -2.20. The van der Waals surface area contributed by atoms with Gasteiger partial charge in [-0.05, 0) is 36.6 Å². The Labute approximate surface area is 102 Å². The fraction of sp³-hybridized carbons (Fsp3) is 0.308. The van der Waals surface area contributed by atoms with E-state index in [1.54, 1.807) is 0 Å². The number of nitrogens with one attached hydrogen (secondary N) is 1. The number of nitriles is 1. The van der Waals surface area contributed by atoms with E-state index in [2.05, 4.69) is 17.5 Å². The van der Waals surface area contributed by atoms with Gasteiger partial charge in [0, 0.05) is 6.54 Å². The molecular weight excluding hydrogens is 220 g/mol. The standard InChI is InChI=1S/C13H14N2.ClH/c1-10-3-2-4-12(13(10)9-14)11-5-7-15-8-6-11;/h2-5,15H,6-8H2,1H3;1H. The topological polar surface area (TPSA) is 35.8 Å². The Balaban J connectivity index is 0.00000128. The Morgan fingerprint density at radius 3 is 2.81 bits per heavy atom. The van der Waals surface area contributed by atoms with E-state index >= 15 is 0 Å². The summed E-state index contributed by atoms with van der Waals surface area (Å²) < 4.78 is 0. The van der Waals surface area contributed by atoms with E-state index in [1.807, 2.05) is 25.1 Å². The molecule has 1 N–H and O–H groups in total. The molecule has 1 aliphatic heterocycles. The number of rotatable bonds is 1. The molecule has 0 atom stereocenters. The summed E-state index contributed by atoms with van der Waals surface area (Å²) in [6.45, 7) is 3.91. The second-order valence-electron chi connectivity index (χ2n) is 3.79. The van der Waals surface area contributed by atoms with Crippen molar-refractivity contribution < 1.29 is 0 Å². The van der Waals surface area contributed by atoms with E-state index in [0.29, 0.717) is 0 Å². The fourth-order valence-corrected chi connectivity index (χ4v) is 1.95. The van der Waals surface area contributed by atoms with E-state index in [0.717, 1.165) is 36.2 Å². The minimum Gasteiger partial charge on any atom is -0.313 e. The Kier molecular flexibility index (Phi) is 4.54. The van der Waals surface area contributed by atoms with Crippen molar-refractivity contribution in [2.75, 3.05) is 13.1 Å². The van der Waals surface area contributed by atoms with Gasteiger partial charge in [-0.3, -0.25) is 0 Å². The molecule has 84 valence electrons. The number of benzene rings is 1. The van der Waals surface area contributed by atoms with E-state index in [1.165, 1.54) is 5.57 Å². The van der Waals surface area contributed by atoms with Crippen molar-refractivity contribution in [1.82, 2.24) is 5.32 Å². The maximum Gasteiger partial charge on any atom is 0.100 e. The minimum atomic E-state index is 0. The third-order valence-corrected chi connectivity index (χ3v) is 2.79. The number of aryl methyl sites for hydroxylation is 1. The first-order chi connectivity index (χ1) is 7.33. The van der Waals surface area contributed by atoms with Crippen LogP contribution in [0.2, 0.25) is 0 Å². The summed E-state index contributed by atoms with van der Waals surface area (Å²) in [5, 5.41) is 12.4. The zero-order valence-electron chi connectivity index (χ0n) is 9.29. The fourth-order valence-electron chi connectivity index (χ4n) is 1.95. The summed E-state index contributed by atoms with van der Waals surface area (Å²) in [6, 6.07) is 8.36. The number of halogens is 1. The van der Waals surface area contributed by atoms with Crippen LogP contribution < -0.4 is 5.32 Å². The molecule has 0 spiro atoms. The number of hydrogen-bond donors (Lipinski definition) is 1. The molecule has 0 radical (unpaired) electrons. The largest absolute Gasteiger partial charge is 0.313 e. The van der Waals surface area contributed by atoms with Crippen molar-refractivity contribution in [2.45, 2.75) is 13.3 Å². The molecule has 0 bridgehead atoms. The van der Waals surface area contributed by atoms with Crippen LogP contribution in [0.4, 0.5) is 0 Å². The summed E-state index contributed by atoms with van der Waals surface area (Å²) in [4.78, 5) is 0. The normalized spacial score (nSPS) is 14.6. The van der Waals surface area contributed by atoms with Crippen LogP contribution in [0.3, 0.4) is 0 Å². The van der Waals surface area contributed by atoms with Gasteiger partial charge >= 0.3 is 0 Å². The molecule has 0 saturated heterocycles. The quantitative estimate of drug-likeness (QED) is 0.811. The summed E-state index contributed by atoms with van der Waals surface area (Å²) in [5.41, 5.74) is 4.30. The molecule has 0 unspecified atom stereocenters. The SMILES string of the molecule is Cc1cccc(C2=CCNCC2)c1C#N.Cl. The van der Waals surface area contributed by atoms with Crippen LogP contribution >= 0.6 is 12.4 Å². The molecule has 2 rings (SSSR count). The molecule has 0 aromatic heterocycles. The first-order valence-electron chi connectivity index (χ1n) is 5.23. The molecular formula is C13H15ClN2. The first kappa shape index (κ1) is 12.8. The van der Waals surface area contributed by atoms with Crippen LogP contribution in [0.25, 0.3) is 5.57 Å². The van der Waals surface area contributed by atoms with Crippen LogP contribution in [0.1, 0.15) is 23.1 Å². The predicted molar refractivity (Wildman–Crippen MR) is 68.6 cm³/mol. The Morgan fingerprint density at radius 1 is 1.38 bits per heavy atom. The lowest BCUT2D eigenvalue weighted by molar-refractivity contribution is 0.738. The van der Waals surface area contributed by atoms with Crippen molar-refractivity contribution in [2.24, 2.45) is 0 Å². The van der Waals surface area contributed by atoms with E-state index in [4.69, 9.17) is 5.26 Å². The monoisotopic (exact) mass is 234 g/mol. The Bertz CT molecular complexity index is 444. The second kappa shape index (κ2) is 5.69. The van der Waals surface area contributed by atoms with Gasteiger partial charge in [-0.15, -0.1) is 12.4 Å². The molecule has 1 aromatic carbocycles. The molecule has 0 amide bonds. The van der Waals surface area contributed by atoms with Crippen LogP contribution in [0, 0.1) is 18.3 Å². The molecule has 16 heavy (non-hydrogen) atoms. The highest BCUT2D eigenvalue weighted by molar-refractivity contribution is 5.85. The van der Waals surface area contributed by atoms with Crippen LogP contribution in [0.15, 0.2) is 24.3 Å². The summed E-state index contributed by atoms with van der Waals surface area (Å²) >= 11 is 0.